The van der Waals surface area contributed by atoms with Gasteiger partial charge in [-0.25, -0.2) is 9.13 Å². The van der Waals surface area contributed by atoms with Gasteiger partial charge in [-0.2, -0.15) is 0 Å². The number of nitrogens with two attached hydrogens (primary N) is 1. The highest BCUT2D eigenvalue weighted by Crippen LogP contribution is 2.17. The highest BCUT2D eigenvalue weighted by Gasteiger charge is 2.23. The summed E-state index contributed by atoms with van der Waals surface area (Å²) in [6, 6.07) is 11.9. The molecule has 25 heavy (non-hydrogen) atoms. The van der Waals surface area contributed by atoms with Crippen molar-refractivity contribution >= 4 is 34.1 Å². The average molecular weight is 358 g/mol. The molecule has 6 heteroatoms. The molecule has 0 spiro atoms. The number of aromatic nitrogens is 2. The van der Waals surface area contributed by atoms with Crippen molar-refractivity contribution in [2.75, 3.05) is 25.4 Å². The maximum atomic E-state index is 12.6. The first-order valence-corrected chi connectivity index (χ1v) is 9.59. The third-order valence-corrected chi connectivity index (χ3v) is 5.56. The van der Waals surface area contributed by atoms with Crippen LogP contribution >= 0.6 is 11.3 Å². The normalized spacial score (nSPS) is 11.5. The van der Waals surface area contributed by atoms with E-state index >= 15 is 0 Å². The number of anilines is 1. The van der Waals surface area contributed by atoms with Crippen LogP contribution in [0.3, 0.4) is 0 Å². The van der Waals surface area contributed by atoms with E-state index in [2.05, 4.69) is 29.4 Å². The molecule has 0 fully saturated rings. The Morgan fingerprint density at radius 3 is 2.64 bits per heavy atom. The molecule has 0 unspecified atom stereocenters. The molecule has 2 heterocycles. The van der Waals surface area contributed by atoms with E-state index in [1.165, 1.54) is 11.3 Å². The first kappa shape index (κ1) is 17.6. The number of likely N-dealkylation sites (N-methyl/N-ethyl adjacent to an activating group) is 1. The number of hydrogen-bond acceptors (Lipinski definition) is 4. The summed E-state index contributed by atoms with van der Waals surface area (Å²) in [5.74, 6) is 0.733. The Labute approximate surface area is 152 Å². The highest BCUT2D eigenvalue weighted by molar-refractivity contribution is 7.12. The average Bonchev–Trinajstić information content (AvgIpc) is 3.25. The number of hydrogen-bond donors (Lipinski definition) is 1. The van der Waals surface area contributed by atoms with E-state index in [0.29, 0.717) is 5.95 Å². The van der Waals surface area contributed by atoms with E-state index in [4.69, 9.17) is 5.73 Å². The lowest BCUT2D eigenvalue weighted by molar-refractivity contribution is -0.642. The SMILES string of the molecule is CCN(CC)CCn1c(N)[n+](CC(=O)c2cccs2)c2ccccc21. The van der Waals surface area contributed by atoms with Gasteiger partial charge in [0.25, 0.3) is 0 Å². The molecule has 1 aromatic carbocycles. The van der Waals surface area contributed by atoms with Crippen LogP contribution in [0.5, 0.6) is 0 Å². The van der Waals surface area contributed by atoms with Gasteiger partial charge in [0.05, 0.1) is 11.4 Å². The molecule has 0 saturated heterocycles. The molecule has 0 radical (unpaired) electrons. The number of Topliss-reactive ketones (excluding diaryl/α,β-unsaturated/α-hetero) is 1. The number of ketones is 1. The summed E-state index contributed by atoms with van der Waals surface area (Å²) < 4.78 is 4.05. The Bertz CT molecular complexity index is 850. The van der Waals surface area contributed by atoms with Crippen LogP contribution in [0, 0.1) is 0 Å². The number of para-hydroxylation sites is 2. The van der Waals surface area contributed by atoms with E-state index in [1.807, 2.05) is 40.3 Å². The van der Waals surface area contributed by atoms with Gasteiger partial charge < -0.3 is 4.90 Å². The Morgan fingerprint density at radius 2 is 1.96 bits per heavy atom. The number of nitrogens with zero attached hydrogens (tertiary/aromatic N) is 3. The van der Waals surface area contributed by atoms with Crippen molar-refractivity contribution in [3.8, 4) is 0 Å². The summed E-state index contributed by atoms with van der Waals surface area (Å²) >= 11 is 1.47. The number of thiophene rings is 1. The number of nitrogen functional groups attached to an aromatic ring is 1. The molecule has 5 nitrogen and oxygen atoms in total. The van der Waals surface area contributed by atoms with Crippen LogP contribution in [0.4, 0.5) is 5.95 Å². The van der Waals surface area contributed by atoms with Crippen LogP contribution in [0.2, 0.25) is 0 Å². The molecule has 0 bridgehead atoms. The molecular formula is C19H25N4OS+. The van der Waals surface area contributed by atoms with E-state index in [-0.39, 0.29) is 12.3 Å². The fourth-order valence-electron chi connectivity index (χ4n) is 3.15. The summed E-state index contributed by atoms with van der Waals surface area (Å²) in [4.78, 5) is 15.7. The van der Waals surface area contributed by atoms with Gasteiger partial charge in [-0.1, -0.05) is 32.0 Å². The quantitative estimate of drug-likeness (QED) is 0.498. The Morgan fingerprint density at radius 1 is 1.20 bits per heavy atom. The molecule has 2 aromatic heterocycles. The van der Waals surface area contributed by atoms with Crippen LogP contribution in [-0.2, 0) is 13.1 Å². The fourth-order valence-corrected chi connectivity index (χ4v) is 3.81. The molecule has 2 N–H and O–H groups in total. The minimum absolute atomic E-state index is 0.0957. The number of benzene rings is 1. The van der Waals surface area contributed by atoms with E-state index in [1.54, 1.807) is 0 Å². The molecule has 0 atom stereocenters. The standard InChI is InChI=1S/C19H24N4OS/c1-3-21(4-2)11-12-22-15-8-5-6-9-16(15)23(19(22)20)14-17(24)18-10-7-13-25-18/h5-10,13,20H,3-4,11-12,14H2,1-2H3/p+1. The van der Waals surface area contributed by atoms with Gasteiger partial charge in [0.1, 0.15) is 17.6 Å². The van der Waals surface area contributed by atoms with E-state index in [0.717, 1.165) is 42.1 Å². The van der Waals surface area contributed by atoms with Crippen molar-refractivity contribution in [2.45, 2.75) is 26.9 Å². The molecular weight excluding hydrogens is 332 g/mol. The maximum Gasteiger partial charge on any atom is 0.356 e. The lowest BCUT2D eigenvalue weighted by Gasteiger charge is -2.17. The minimum atomic E-state index is 0.0957. The van der Waals surface area contributed by atoms with Gasteiger partial charge in [0.15, 0.2) is 0 Å². The zero-order valence-corrected chi connectivity index (χ0v) is 15.6. The highest BCUT2D eigenvalue weighted by atomic mass is 32.1. The molecule has 0 amide bonds. The second-order valence-corrected chi connectivity index (χ2v) is 6.96. The maximum absolute atomic E-state index is 12.6. The van der Waals surface area contributed by atoms with Crippen LogP contribution < -0.4 is 10.3 Å². The smallest absolute Gasteiger partial charge is 0.301 e. The summed E-state index contributed by atoms with van der Waals surface area (Å²) in [6.07, 6.45) is 0. The molecule has 3 aromatic rings. The lowest BCUT2D eigenvalue weighted by atomic mass is 10.3. The van der Waals surface area contributed by atoms with Gasteiger partial charge in [-0.05, 0) is 36.7 Å². The van der Waals surface area contributed by atoms with Crippen LogP contribution in [0.15, 0.2) is 41.8 Å². The fraction of sp³-hybridized carbons (Fsp3) is 0.368. The third-order valence-electron chi connectivity index (χ3n) is 4.65. The number of fused-ring (bicyclic) bond motifs is 1. The van der Waals surface area contributed by atoms with Crippen molar-refractivity contribution < 1.29 is 9.36 Å². The van der Waals surface area contributed by atoms with Crippen molar-refractivity contribution in [2.24, 2.45) is 0 Å². The zero-order chi connectivity index (χ0) is 17.8. The first-order chi connectivity index (χ1) is 12.2. The summed E-state index contributed by atoms with van der Waals surface area (Å²) in [7, 11) is 0. The van der Waals surface area contributed by atoms with Crippen LogP contribution in [-0.4, -0.2) is 34.9 Å². The Hall–Kier alpha value is -2.18. The lowest BCUT2D eigenvalue weighted by Crippen LogP contribution is -2.40. The van der Waals surface area contributed by atoms with Crippen molar-refractivity contribution in [3.63, 3.8) is 0 Å². The topological polar surface area (TPSA) is 55.1 Å². The summed E-state index contributed by atoms with van der Waals surface area (Å²) in [5, 5.41) is 1.93. The number of carbonyl (C=O) groups is 1. The largest absolute Gasteiger partial charge is 0.356 e. The number of carbonyl (C=O) groups excluding carboxylic acids is 1. The van der Waals surface area contributed by atoms with Gasteiger partial charge in [-0.15, -0.1) is 11.3 Å². The monoisotopic (exact) mass is 357 g/mol. The van der Waals surface area contributed by atoms with Crippen molar-refractivity contribution in [1.29, 1.82) is 0 Å². The van der Waals surface area contributed by atoms with Gasteiger partial charge in [-0.3, -0.25) is 10.5 Å². The molecule has 132 valence electrons. The van der Waals surface area contributed by atoms with Gasteiger partial charge in [0.2, 0.25) is 5.78 Å². The molecule has 3 rings (SSSR count). The first-order valence-electron chi connectivity index (χ1n) is 8.71. The third kappa shape index (κ3) is 3.60. The van der Waals surface area contributed by atoms with Crippen LogP contribution in [0.25, 0.3) is 11.0 Å². The predicted octanol–water partition coefficient (Wildman–Crippen LogP) is 2.80. The Kier molecular flexibility index (Phi) is 5.50. The second kappa shape index (κ2) is 7.80. The number of rotatable bonds is 8. The van der Waals surface area contributed by atoms with Crippen LogP contribution in [0.1, 0.15) is 23.5 Å². The van der Waals surface area contributed by atoms with Crippen molar-refractivity contribution in [1.82, 2.24) is 9.47 Å². The minimum Gasteiger partial charge on any atom is -0.301 e. The molecule has 0 aliphatic rings. The van der Waals surface area contributed by atoms with E-state index in [9.17, 15) is 4.79 Å². The van der Waals surface area contributed by atoms with Gasteiger partial charge >= 0.3 is 5.95 Å². The summed E-state index contributed by atoms with van der Waals surface area (Å²) in [6.45, 7) is 8.40. The molecule has 0 aliphatic carbocycles. The summed E-state index contributed by atoms with van der Waals surface area (Å²) in [5.41, 5.74) is 8.52. The Balaban J connectivity index is 1.93. The van der Waals surface area contributed by atoms with Crippen molar-refractivity contribution in [3.05, 3.63) is 46.7 Å². The molecule has 0 aliphatic heterocycles. The predicted molar refractivity (Wildman–Crippen MR) is 103 cm³/mol. The second-order valence-electron chi connectivity index (χ2n) is 6.01. The van der Waals surface area contributed by atoms with E-state index < -0.39 is 0 Å². The number of imidazole rings is 1. The zero-order valence-electron chi connectivity index (χ0n) is 14.8. The van der Waals surface area contributed by atoms with Gasteiger partial charge in [0, 0.05) is 6.54 Å². The molecule has 0 saturated carbocycles.